The van der Waals surface area contributed by atoms with E-state index in [0.717, 1.165) is 5.56 Å². The van der Waals surface area contributed by atoms with Gasteiger partial charge in [0.25, 0.3) is 5.91 Å². The fraction of sp³-hybridized carbons (Fsp3) is 0.214. The second-order valence-corrected chi connectivity index (χ2v) is 8.75. The van der Waals surface area contributed by atoms with Gasteiger partial charge in [0.2, 0.25) is 5.91 Å². The molecule has 0 radical (unpaired) electrons. The van der Waals surface area contributed by atoms with Crippen LogP contribution in [0.1, 0.15) is 28.0 Å². The standard InChI is InChI=1S/C28H27FN4O3/c29-21-10-6-9-19(14-21)13-20(27(30)35)16-26(34)24(15-18-7-2-1-3-8-18)33-28(36)25-17-31-22-11-4-5-12-23(22)32-25/h1-12,14,17,20,24,26,34H,13,15-16H2,(H2,30,35)(H,33,36)/t20-,24+,26+/m1/s1. The minimum atomic E-state index is -1.10. The minimum absolute atomic E-state index is 0.00692. The Kier molecular flexibility index (Phi) is 7.97. The molecule has 3 atom stereocenters. The number of halogens is 1. The average Bonchev–Trinajstić information content (AvgIpc) is 2.88. The van der Waals surface area contributed by atoms with Crippen LogP contribution < -0.4 is 11.1 Å². The van der Waals surface area contributed by atoms with Crippen LogP contribution >= 0.6 is 0 Å². The van der Waals surface area contributed by atoms with E-state index < -0.39 is 35.7 Å². The molecule has 8 heteroatoms. The lowest BCUT2D eigenvalue weighted by atomic mass is 9.89. The molecule has 0 spiro atoms. The first-order valence-corrected chi connectivity index (χ1v) is 11.7. The van der Waals surface area contributed by atoms with E-state index in [-0.39, 0.29) is 18.5 Å². The number of hydrogen-bond donors (Lipinski definition) is 3. The van der Waals surface area contributed by atoms with Gasteiger partial charge in [-0.1, -0.05) is 54.6 Å². The molecular weight excluding hydrogens is 459 g/mol. The van der Waals surface area contributed by atoms with Crippen molar-refractivity contribution in [3.63, 3.8) is 0 Å². The topological polar surface area (TPSA) is 118 Å². The predicted molar refractivity (Wildman–Crippen MR) is 134 cm³/mol. The Balaban J connectivity index is 1.54. The number of rotatable bonds is 10. The van der Waals surface area contributed by atoms with Crippen LogP contribution in [-0.2, 0) is 17.6 Å². The summed E-state index contributed by atoms with van der Waals surface area (Å²) in [7, 11) is 0. The van der Waals surface area contributed by atoms with Gasteiger partial charge in [-0.25, -0.2) is 9.37 Å². The number of aromatic nitrogens is 2. The van der Waals surface area contributed by atoms with Gasteiger partial charge in [0.15, 0.2) is 0 Å². The zero-order valence-electron chi connectivity index (χ0n) is 19.5. The molecular formula is C28H27FN4O3. The number of carbonyl (C=O) groups excluding carboxylic acids is 2. The predicted octanol–water partition coefficient (Wildman–Crippen LogP) is 3.21. The van der Waals surface area contributed by atoms with E-state index in [1.165, 1.54) is 18.3 Å². The van der Waals surface area contributed by atoms with Crippen LogP contribution in [0.4, 0.5) is 4.39 Å². The van der Waals surface area contributed by atoms with E-state index in [2.05, 4.69) is 15.3 Å². The van der Waals surface area contributed by atoms with Crippen molar-refractivity contribution in [2.45, 2.75) is 31.4 Å². The van der Waals surface area contributed by atoms with Crippen molar-refractivity contribution >= 4 is 22.8 Å². The highest BCUT2D eigenvalue weighted by Crippen LogP contribution is 2.19. The summed E-state index contributed by atoms with van der Waals surface area (Å²) in [4.78, 5) is 33.9. The fourth-order valence-corrected chi connectivity index (χ4v) is 4.16. The third-order valence-electron chi connectivity index (χ3n) is 6.06. The molecule has 1 aromatic heterocycles. The van der Waals surface area contributed by atoms with Gasteiger partial charge in [-0.3, -0.25) is 14.6 Å². The zero-order valence-corrected chi connectivity index (χ0v) is 19.5. The molecule has 36 heavy (non-hydrogen) atoms. The SMILES string of the molecule is NC(=O)[C@H](Cc1cccc(F)c1)C[C@H](O)[C@H](Cc1ccccc1)NC(=O)c1cnc2ccccc2n1. The monoisotopic (exact) mass is 486 g/mol. The maximum absolute atomic E-state index is 13.6. The summed E-state index contributed by atoms with van der Waals surface area (Å²) in [6.07, 6.45) is 0.771. The summed E-state index contributed by atoms with van der Waals surface area (Å²) < 4.78 is 13.6. The van der Waals surface area contributed by atoms with E-state index in [4.69, 9.17) is 5.73 Å². The van der Waals surface area contributed by atoms with Crippen LogP contribution in [0, 0.1) is 11.7 Å². The van der Waals surface area contributed by atoms with Gasteiger partial charge in [0.1, 0.15) is 11.5 Å². The third kappa shape index (κ3) is 6.49. The molecule has 4 rings (SSSR count). The number of aliphatic hydroxyl groups is 1. The van der Waals surface area contributed by atoms with Crippen LogP contribution in [0.2, 0.25) is 0 Å². The largest absolute Gasteiger partial charge is 0.391 e. The Hall–Kier alpha value is -4.17. The molecule has 0 saturated carbocycles. The van der Waals surface area contributed by atoms with Crippen molar-refractivity contribution in [1.82, 2.24) is 15.3 Å². The van der Waals surface area contributed by atoms with E-state index in [0.29, 0.717) is 23.0 Å². The summed E-state index contributed by atoms with van der Waals surface area (Å²) in [5.41, 5.74) is 8.47. The lowest BCUT2D eigenvalue weighted by Crippen LogP contribution is -2.46. The maximum atomic E-state index is 13.6. The molecule has 0 fully saturated rings. The van der Waals surface area contributed by atoms with Gasteiger partial charge in [-0.15, -0.1) is 0 Å². The molecule has 7 nitrogen and oxygen atoms in total. The number of nitrogens with one attached hydrogen (secondary N) is 1. The number of benzene rings is 3. The molecule has 0 unspecified atom stereocenters. The number of carbonyl (C=O) groups is 2. The molecule has 3 aromatic carbocycles. The minimum Gasteiger partial charge on any atom is -0.391 e. The molecule has 0 aliphatic carbocycles. The van der Waals surface area contributed by atoms with Gasteiger partial charge >= 0.3 is 0 Å². The quantitative estimate of drug-likeness (QED) is 0.318. The van der Waals surface area contributed by atoms with Gasteiger partial charge in [0.05, 0.1) is 29.4 Å². The molecule has 0 bridgehead atoms. The number of aliphatic hydroxyl groups excluding tert-OH is 1. The highest BCUT2D eigenvalue weighted by atomic mass is 19.1. The van der Waals surface area contributed by atoms with Crippen LogP contribution in [-0.4, -0.2) is 39.0 Å². The lowest BCUT2D eigenvalue weighted by molar-refractivity contribution is -0.122. The van der Waals surface area contributed by atoms with Gasteiger partial charge in [0, 0.05) is 5.92 Å². The Morgan fingerprint density at radius 2 is 1.61 bits per heavy atom. The first-order chi connectivity index (χ1) is 17.4. The van der Waals surface area contributed by atoms with Gasteiger partial charge < -0.3 is 16.2 Å². The molecule has 4 aromatic rings. The van der Waals surface area contributed by atoms with E-state index >= 15 is 0 Å². The number of para-hydroxylation sites is 2. The van der Waals surface area contributed by atoms with Crippen molar-refractivity contribution in [1.29, 1.82) is 0 Å². The highest BCUT2D eigenvalue weighted by Gasteiger charge is 2.28. The van der Waals surface area contributed by atoms with Gasteiger partial charge in [-0.05, 0) is 54.7 Å². The fourth-order valence-electron chi connectivity index (χ4n) is 4.16. The number of amides is 2. The Bertz CT molecular complexity index is 1350. The third-order valence-corrected chi connectivity index (χ3v) is 6.06. The Morgan fingerprint density at radius 3 is 2.33 bits per heavy atom. The number of nitrogens with two attached hydrogens (primary N) is 1. The smallest absolute Gasteiger partial charge is 0.271 e. The van der Waals surface area contributed by atoms with E-state index in [1.807, 2.05) is 42.5 Å². The summed E-state index contributed by atoms with van der Waals surface area (Å²) in [6, 6.07) is 21.8. The second-order valence-electron chi connectivity index (χ2n) is 8.75. The van der Waals surface area contributed by atoms with Crippen molar-refractivity contribution in [3.8, 4) is 0 Å². The van der Waals surface area contributed by atoms with Gasteiger partial charge in [-0.2, -0.15) is 0 Å². The summed E-state index contributed by atoms with van der Waals surface area (Å²) in [5, 5.41) is 14.0. The Morgan fingerprint density at radius 1 is 0.917 bits per heavy atom. The summed E-state index contributed by atoms with van der Waals surface area (Å²) in [5.74, 6) is -2.27. The first-order valence-electron chi connectivity index (χ1n) is 11.7. The summed E-state index contributed by atoms with van der Waals surface area (Å²) >= 11 is 0. The van der Waals surface area contributed by atoms with Crippen molar-refractivity contribution in [2.24, 2.45) is 11.7 Å². The van der Waals surface area contributed by atoms with Crippen molar-refractivity contribution in [3.05, 3.63) is 108 Å². The van der Waals surface area contributed by atoms with Crippen LogP contribution in [0.15, 0.2) is 85.1 Å². The molecule has 0 aliphatic heterocycles. The molecule has 184 valence electrons. The van der Waals surface area contributed by atoms with E-state index in [1.54, 1.807) is 24.3 Å². The second kappa shape index (κ2) is 11.5. The van der Waals surface area contributed by atoms with Crippen LogP contribution in [0.3, 0.4) is 0 Å². The number of fused-ring (bicyclic) bond motifs is 1. The summed E-state index contributed by atoms with van der Waals surface area (Å²) in [6.45, 7) is 0. The van der Waals surface area contributed by atoms with Crippen molar-refractivity contribution in [2.75, 3.05) is 0 Å². The van der Waals surface area contributed by atoms with Crippen LogP contribution in [0.25, 0.3) is 11.0 Å². The van der Waals surface area contributed by atoms with Crippen molar-refractivity contribution < 1.29 is 19.1 Å². The first kappa shape index (κ1) is 24.9. The number of nitrogens with zero attached hydrogens (tertiary/aromatic N) is 2. The number of hydrogen-bond acceptors (Lipinski definition) is 5. The molecule has 2 amide bonds. The zero-order chi connectivity index (χ0) is 25.5. The number of primary amides is 1. The molecule has 0 saturated heterocycles. The van der Waals surface area contributed by atoms with E-state index in [9.17, 15) is 19.1 Å². The average molecular weight is 487 g/mol. The van der Waals surface area contributed by atoms with Crippen LogP contribution in [0.5, 0.6) is 0 Å². The molecule has 0 aliphatic rings. The highest BCUT2D eigenvalue weighted by molar-refractivity contribution is 5.94. The molecule has 4 N–H and O–H groups in total. The maximum Gasteiger partial charge on any atom is 0.271 e. The normalized spacial score (nSPS) is 13.6. The Labute approximate surface area is 208 Å². The molecule has 1 heterocycles. The lowest BCUT2D eigenvalue weighted by Gasteiger charge is -2.27.